The van der Waals surface area contributed by atoms with Crippen molar-refractivity contribution in [3.05, 3.63) is 0 Å². The highest BCUT2D eigenvalue weighted by molar-refractivity contribution is 7.57. The molecule has 80 valence electrons. The summed E-state index contributed by atoms with van der Waals surface area (Å²) >= 11 is 0. The van der Waals surface area contributed by atoms with Crippen molar-refractivity contribution in [3.8, 4) is 0 Å². The largest absolute Gasteiger partial charge is 0.284 e. The van der Waals surface area contributed by atoms with Crippen LogP contribution in [0.2, 0.25) is 0 Å². The third-order valence-electron chi connectivity index (χ3n) is 3.32. The standard InChI is InChI=1S/C9H18N3OP/c13-14(11-5-6-11,12-7-8-12)10-9-3-1-2-4-9/h9H,1-8H2,(H,10,13). The molecule has 0 unspecified atom stereocenters. The Hall–Kier alpha value is 0.110. The number of hydrogen-bond donors (Lipinski definition) is 1. The van der Waals surface area contributed by atoms with E-state index in [2.05, 4.69) is 14.4 Å². The van der Waals surface area contributed by atoms with Crippen molar-refractivity contribution in [3.63, 3.8) is 0 Å². The molecule has 14 heavy (non-hydrogen) atoms. The summed E-state index contributed by atoms with van der Waals surface area (Å²) < 4.78 is 16.9. The van der Waals surface area contributed by atoms with Gasteiger partial charge < -0.3 is 0 Å². The fourth-order valence-corrected chi connectivity index (χ4v) is 4.95. The lowest BCUT2D eigenvalue weighted by Gasteiger charge is -2.24. The second kappa shape index (κ2) is 3.31. The molecule has 0 bridgehead atoms. The summed E-state index contributed by atoms with van der Waals surface area (Å²) in [5, 5.41) is 3.42. The van der Waals surface area contributed by atoms with Crippen molar-refractivity contribution in [2.75, 3.05) is 26.2 Å². The van der Waals surface area contributed by atoms with Gasteiger partial charge in [-0.15, -0.1) is 0 Å². The SMILES string of the molecule is O=P(NC1CCCC1)(N1CC1)N1CC1. The Kier molecular flexibility index (Phi) is 2.21. The van der Waals surface area contributed by atoms with E-state index in [0.29, 0.717) is 6.04 Å². The number of nitrogens with zero attached hydrogens (tertiary/aromatic N) is 2. The highest BCUT2D eigenvalue weighted by Crippen LogP contribution is 2.57. The first-order valence-corrected chi connectivity index (χ1v) is 7.29. The molecular weight excluding hydrogens is 197 g/mol. The Bertz CT molecular complexity index is 253. The second-order valence-electron chi connectivity index (χ2n) is 4.56. The fraction of sp³-hybridized carbons (Fsp3) is 1.00. The van der Waals surface area contributed by atoms with E-state index >= 15 is 0 Å². The molecule has 1 saturated carbocycles. The Morgan fingerprint density at radius 2 is 1.50 bits per heavy atom. The van der Waals surface area contributed by atoms with E-state index in [4.69, 9.17) is 0 Å². The summed E-state index contributed by atoms with van der Waals surface area (Å²) in [6.45, 7) is 4.09. The lowest BCUT2D eigenvalue weighted by molar-refractivity contribution is 0.482. The van der Waals surface area contributed by atoms with Crippen LogP contribution >= 0.6 is 7.59 Å². The topological polar surface area (TPSA) is 35.1 Å². The summed E-state index contributed by atoms with van der Waals surface area (Å²) in [5.41, 5.74) is 0. The van der Waals surface area contributed by atoms with Gasteiger partial charge in [-0.25, -0.2) is 14.4 Å². The van der Waals surface area contributed by atoms with Crippen LogP contribution in [0.3, 0.4) is 0 Å². The maximum absolute atomic E-state index is 12.6. The van der Waals surface area contributed by atoms with Crippen molar-refractivity contribution in [1.29, 1.82) is 0 Å². The molecule has 0 aromatic heterocycles. The molecule has 4 nitrogen and oxygen atoms in total. The van der Waals surface area contributed by atoms with Crippen molar-refractivity contribution in [1.82, 2.24) is 14.4 Å². The van der Waals surface area contributed by atoms with Gasteiger partial charge in [-0.1, -0.05) is 12.8 Å². The van der Waals surface area contributed by atoms with E-state index in [-0.39, 0.29) is 0 Å². The first-order valence-electron chi connectivity index (χ1n) is 5.68. The Morgan fingerprint density at radius 3 is 1.93 bits per heavy atom. The number of rotatable bonds is 4. The normalized spacial score (nSPS) is 29.7. The lowest BCUT2D eigenvalue weighted by Crippen LogP contribution is -2.29. The minimum Gasteiger partial charge on any atom is -0.270 e. The number of hydrogen-bond acceptors (Lipinski definition) is 1. The molecule has 3 rings (SSSR count). The molecule has 1 aliphatic carbocycles. The molecule has 0 aromatic rings. The average Bonchev–Trinajstić information content (AvgIpc) is 3.05. The average molecular weight is 215 g/mol. The van der Waals surface area contributed by atoms with Crippen LogP contribution in [0.25, 0.3) is 0 Å². The lowest BCUT2D eigenvalue weighted by atomic mass is 10.3. The van der Waals surface area contributed by atoms with E-state index in [1.54, 1.807) is 0 Å². The van der Waals surface area contributed by atoms with Gasteiger partial charge in [0.25, 0.3) is 7.59 Å². The summed E-state index contributed by atoms with van der Waals surface area (Å²) in [6, 6.07) is 0.516. The van der Waals surface area contributed by atoms with Gasteiger partial charge >= 0.3 is 0 Å². The van der Waals surface area contributed by atoms with E-state index in [0.717, 1.165) is 26.2 Å². The van der Waals surface area contributed by atoms with E-state index < -0.39 is 7.59 Å². The molecule has 0 spiro atoms. The molecule has 0 aromatic carbocycles. The van der Waals surface area contributed by atoms with Crippen LogP contribution in [0.4, 0.5) is 0 Å². The summed E-state index contributed by atoms with van der Waals surface area (Å²) in [6.07, 6.45) is 5.03. The van der Waals surface area contributed by atoms with Crippen molar-refractivity contribution >= 4 is 7.59 Å². The van der Waals surface area contributed by atoms with Gasteiger partial charge in [-0.05, 0) is 12.8 Å². The Labute approximate surface area is 85.2 Å². The first-order chi connectivity index (χ1) is 6.79. The first kappa shape index (κ1) is 9.34. The highest BCUT2D eigenvalue weighted by Gasteiger charge is 2.48. The van der Waals surface area contributed by atoms with E-state index in [1.165, 1.54) is 25.7 Å². The second-order valence-corrected chi connectivity index (χ2v) is 7.04. The molecule has 0 atom stereocenters. The van der Waals surface area contributed by atoms with Gasteiger partial charge in [0.15, 0.2) is 0 Å². The molecule has 3 aliphatic rings. The van der Waals surface area contributed by atoms with Crippen LogP contribution in [0.15, 0.2) is 0 Å². The van der Waals surface area contributed by atoms with Crippen LogP contribution in [0, 0.1) is 0 Å². The van der Waals surface area contributed by atoms with Crippen LogP contribution in [0.5, 0.6) is 0 Å². The zero-order chi connectivity index (χ0) is 9.60. The Balaban J connectivity index is 1.68. The zero-order valence-corrected chi connectivity index (χ0v) is 9.38. The summed E-state index contributed by atoms with van der Waals surface area (Å²) in [5.74, 6) is 0. The highest BCUT2D eigenvalue weighted by atomic mass is 31.2. The quantitative estimate of drug-likeness (QED) is 0.565. The molecule has 0 radical (unpaired) electrons. The van der Waals surface area contributed by atoms with Crippen LogP contribution in [-0.4, -0.2) is 41.6 Å². The van der Waals surface area contributed by atoms with Crippen molar-refractivity contribution in [2.24, 2.45) is 0 Å². The van der Waals surface area contributed by atoms with Crippen molar-refractivity contribution < 1.29 is 4.57 Å². The van der Waals surface area contributed by atoms with Crippen LogP contribution in [0.1, 0.15) is 25.7 Å². The molecule has 0 amide bonds. The molecule has 1 N–H and O–H groups in total. The Morgan fingerprint density at radius 1 is 1.00 bits per heavy atom. The van der Waals surface area contributed by atoms with Crippen molar-refractivity contribution in [2.45, 2.75) is 31.7 Å². The third kappa shape index (κ3) is 1.65. The third-order valence-corrected chi connectivity index (χ3v) is 6.35. The van der Waals surface area contributed by atoms with Gasteiger partial charge in [0, 0.05) is 32.2 Å². The number of nitrogens with one attached hydrogen (secondary N) is 1. The molecule has 2 aliphatic heterocycles. The molecule has 5 heteroatoms. The van der Waals surface area contributed by atoms with E-state index in [1.807, 2.05) is 0 Å². The summed E-state index contributed by atoms with van der Waals surface area (Å²) in [7, 11) is -2.27. The minimum absolute atomic E-state index is 0.516. The molecule has 2 saturated heterocycles. The van der Waals surface area contributed by atoms with Gasteiger partial charge in [0.2, 0.25) is 0 Å². The monoisotopic (exact) mass is 215 g/mol. The minimum atomic E-state index is -2.27. The van der Waals surface area contributed by atoms with Gasteiger partial charge in [0.1, 0.15) is 0 Å². The summed E-state index contributed by atoms with van der Waals surface area (Å²) in [4.78, 5) is 0. The molecule has 3 fully saturated rings. The fourth-order valence-electron chi connectivity index (χ4n) is 2.27. The smallest absolute Gasteiger partial charge is 0.270 e. The van der Waals surface area contributed by atoms with Gasteiger partial charge in [-0.3, -0.25) is 4.57 Å². The molecule has 2 heterocycles. The maximum atomic E-state index is 12.6. The zero-order valence-electron chi connectivity index (χ0n) is 8.48. The van der Waals surface area contributed by atoms with Crippen LogP contribution < -0.4 is 5.09 Å². The predicted molar refractivity (Wildman–Crippen MR) is 56.1 cm³/mol. The van der Waals surface area contributed by atoms with Crippen LogP contribution in [-0.2, 0) is 4.57 Å². The predicted octanol–water partition coefficient (Wildman–Crippen LogP) is 1.26. The van der Waals surface area contributed by atoms with Gasteiger partial charge in [-0.2, -0.15) is 0 Å². The van der Waals surface area contributed by atoms with E-state index in [9.17, 15) is 4.57 Å². The maximum Gasteiger partial charge on any atom is 0.284 e. The van der Waals surface area contributed by atoms with Gasteiger partial charge in [0.05, 0.1) is 0 Å². The molecular formula is C9H18N3OP.